The Morgan fingerprint density at radius 2 is 1.72 bits per heavy atom. The third kappa shape index (κ3) is 6.21. The van der Waals surface area contributed by atoms with Crippen molar-refractivity contribution in [3.05, 3.63) is 83.5 Å². The van der Waals surface area contributed by atoms with E-state index < -0.39 is 22.5 Å². The van der Waals surface area contributed by atoms with Crippen LogP contribution in [0.3, 0.4) is 0 Å². The first kappa shape index (κ1) is 27.7. The minimum Gasteiger partial charge on any atom is -0.497 e. The zero-order valence-electron chi connectivity index (χ0n) is 21.3. The van der Waals surface area contributed by atoms with Crippen molar-refractivity contribution in [2.24, 2.45) is 5.10 Å². The number of sulfonamides is 1. The lowest BCUT2D eigenvalue weighted by Crippen LogP contribution is -2.39. The number of carbonyl (C=O) groups excluding carboxylic acids is 1. The third-order valence-electron chi connectivity index (χ3n) is 5.67. The van der Waals surface area contributed by atoms with E-state index in [1.807, 2.05) is 6.07 Å². The van der Waals surface area contributed by atoms with Gasteiger partial charge in [0.25, 0.3) is 15.9 Å². The van der Waals surface area contributed by atoms with Crippen LogP contribution in [0, 0.1) is 0 Å². The largest absolute Gasteiger partial charge is 0.497 e. The Balaban J connectivity index is 1.59. The van der Waals surface area contributed by atoms with Gasteiger partial charge in [-0.05, 0) is 42.5 Å². The van der Waals surface area contributed by atoms with E-state index in [2.05, 4.69) is 15.5 Å². The van der Waals surface area contributed by atoms with Crippen molar-refractivity contribution < 1.29 is 27.4 Å². The second-order valence-electron chi connectivity index (χ2n) is 8.08. The van der Waals surface area contributed by atoms with Gasteiger partial charge in [0, 0.05) is 23.1 Å². The lowest BCUT2D eigenvalue weighted by atomic mass is 10.1. The molecule has 202 valence electrons. The smallest absolute Gasteiger partial charge is 0.264 e. The molecule has 3 aromatic carbocycles. The van der Waals surface area contributed by atoms with Gasteiger partial charge in [0.15, 0.2) is 11.5 Å². The number of pyridine rings is 1. The lowest BCUT2D eigenvalue weighted by Gasteiger charge is -2.24. The molecule has 0 unspecified atom stereocenters. The second kappa shape index (κ2) is 12.0. The molecule has 10 nitrogen and oxygen atoms in total. The number of carbonyl (C=O) groups is 1. The van der Waals surface area contributed by atoms with E-state index in [1.54, 1.807) is 49.6 Å². The quantitative estimate of drug-likeness (QED) is 0.172. The molecule has 1 N–H and O–H groups in total. The van der Waals surface area contributed by atoms with Crippen LogP contribution in [-0.4, -0.2) is 53.4 Å². The Labute approximate surface area is 230 Å². The molecule has 1 aromatic heterocycles. The summed E-state index contributed by atoms with van der Waals surface area (Å²) in [4.78, 5) is 17.2. The van der Waals surface area contributed by atoms with Gasteiger partial charge < -0.3 is 14.2 Å². The van der Waals surface area contributed by atoms with Gasteiger partial charge in [0.05, 0.1) is 43.6 Å². The average Bonchev–Trinajstić information content (AvgIpc) is 2.95. The van der Waals surface area contributed by atoms with Gasteiger partial charge in [-0.15, -0.1) is 0 Å². The number of nitrogens with one attached hydrogen (secondary N) is 1. The van der Waals surface area contributed by atoms with Crippen molar-refractivity contribution in [2.75, 3.05) is 32.2 Å². The molecule has 0 aliphatic heterocycles. The molecule has 0 spiro atoms. The first-order chi connectivity index (χ1) is 18.8. The molecular weight excluding hydrogens is 544 g/mol. The van der Waals surface area contributed by atoms with E-state index in [0.717, 1.165) is 9.69 Å². The van der Waals surface area contributed by atoms with E-state index >= 15 is 0 Å². The number of ether oxygens (including phenoxy) is 3. The zero-order chi connectivity index (χ0) is 28.0. The molecule has 0 radical (unpaired) electrons. The summed E-state index contributed by atoms with van der Waals surface area (Å²) < 4.78 is 43.8. The van der Waals surface area contributed by atoms with Crippen LogP contribution in [0.2, 0.25) is 5.15 Å². The van der Waals surface area contributed by atoms with Gasteiger partial charge in [-0.25, -0.2) is 18.8 Å². The van der Waals surface area contributed by atoms with Crippen molar-refractivity contribution >= 4 is 50.3 Å². The predicted octanol–water partition coefficient (Wildman–Crippen LogP) is 4.26. The summed E-state index contributed by atoms with van der Waals surface area (Å²) >= 11 is 6.29. The monoisotopic (exact) mass is 568 g/mol. The summed E-state index contributed by atoms with van der Waals surface area (Å²) in [6.07, 6.45) is 1.34. The molecule has 1 heterocycles. The fourth-order valence-corrected chi connectivity index (χ4v) is 5.34. The highest BCUT2D eigenvalue weighted by Gasteiger charge is 2.28. The molecule has 0 atom stereocenters. The van der Waals surface area contributed by atoms with Crippen LogP contribution < -0.4 is 23.9 Å². The predicted molar refractivity (Wildman–Crippen MR) is 150 cm³/mol. The summed E-state index contributed by atoms with van der Waals surface area (Å²) in [6, 6.07) is 19.5. The number of methoxy groups -OCH3 is 3. The SMILES string of the molecule is COc1ccc2cc(/C=N\NC(=O)CN(c3ccc(OC)c(OC)c3)S(=O)(=O)c3ccccc3)c(Cl)nc2c1. The molecule has 0 bridgehead atoms. The summed E-state index contributed by atoms with van der Waals surface area (Å²) in [5, 5.41) is 4.93. The standard InChI is InChI=1S/C27H25ClN4O6S/c1-36-21-11-9-18-13-19(27(28)30-23(18)15-21)16-29-31-26(33)17-32(39(34,35)22-7-5-4-6-8-22)20-10-12-24(37-2)25(14-20)38-3/h4-16H,17H2,1-3H3,(H,31,33)/b29-16-. The third-order valence-corrected chi connectivity index (χ3v) is 7.76. The van der Waals surface area contributed by atoms with Gasteiger partial charge >= 0.3 is 0 Å². The van der Waals surface area contributed by atoms with Crippen molar-refractivity contribution in [1.82, 2.24) is 10.4 Å². The van der Waals surface area contributed by atoms with Gasteiger partial charge in [0.1, 0.15) is 17.4 Å². The van der Waals surface area contributed by atoms with E-state index in [1.165, 1.54) is 44.7 Å². The molecule has 4 rings (SSSR count). The van der Waals surface area contributed by atoms with Gasteiger partial charge in [-0.1, -0.05) is 29.8 Å². The Kier molecular flexibility index (Phi) is 8.52. The zero-order valence-corrected chi connectivity index (χ0v) is 22.9. The highest BCUT2D eigenvalue weighted by Crippen LogP contribution is 2.33. The molecular formula is C27H25ClN4O6S. The van der Waals surface area contributed by atoms with Crippen LogP contribution in [0.25, 0.3) is 10.9 Å². The molecule has 0 aliphatic rings. The van der Waals surface area contributed by atoms with E-state index in [9.17, 15) is 13.2 Å². The van der Waals surface area contributed by atoms with E-state index in [-0.39, 0.29) is 15.7 Å². The summed E-state index contributed by atoms with van der Waals surface area (Å²) in [7, 11) is 0.335. The highest BCUT2D eigenvalue weighted by molar-refractivity contribution is 7.92. The Hall–Kier alpha value is -4.35. The molecule has 0 aliphatic carbocycles. The summed E-state index contributed by atoms with van der Waals surface area (Å²) in [5.41, 5.74) is 3.66. The maximum Gasteiger partial charge on any atom is 0.264 e. The van der Waals surface area contributed by atoms with Crippen molar-refractivity contribution in [3.8, 4) is 17.2 Å². The fraction of sp³-hybridized carbons (Fsp3) is 0.148. The number of rotatable bonds is 10. The van der Waals surface area contributed by atoms with Crippen LogP contribution in [0.5, 0.6) is 17.2 Å². The number of hydrogen-bond donors (Lipinski definition) is 1. The number of hydrazone groups is 1. The lowest BCUT2D eigenvalue weighted by molar-refractivity contribution is -0.119. The maximum absolute atomic E-state index is 13.5. The number of halogens is 1. The molecule has 39 heavy (non-hydrogen) atoms. The first-order valence-electron chi connectivity index (χ1n) is 11.5. The number of nitrogens with zero attached hydrogens (tertiary/aromatic N) is 3. The maximum atomic E-state index is 13.5. The Morgan fingerprint density at radius 1 is 0.974 bits per heavy atom. The normalized spacial score (nSPS) is 11.4. The van der Waals surface area contributed by atoms with Crippen LogP contribution >= 0.6 is 11.6 Å². The van der Waals surface area contributed by atoms with Crippen LogP contribution in [0.4, 0.5) is 5.69 Å². The van der Waals surface area contributed by atoms with Crippen molar-refractivity contribution in [2.45, 2.75) is 4.90 Å². The van der Waals surface area contributed by atoms with Gasteiger partial charge in [-0.2, -0.15) is 5.10 Å². The number of aromatic nitrogens is 1. The minimum absolute atomic E-state index is 0.0155. The number of fused-ring (bicyclic) bond motifs is 1. The number of hydrogen-bond acceptors (Lipinski definition) is 8. The second-order valence-corrected chi connectivity index (χ2v) is 10.3. The molecule has 0 saturated carbocycles. The fourth-order valence-electron chi connectivity index (χ4n) is 3.71. The summed E-state index contributed by atoms with van der Waals surface area (Å²) in [5.74, 6) is 0.670. The number of anilines is 1. The van der Waals surface area contributed by atoms with E-state index in [0.29, 0.717) is 28.3 Å². The minimum atomic E-state index is -4.12. The first-order valence-corrected chi connectivity index (χ1v) is 13.3. The van der Waals surface area contributed by atoms with Crippen LogP contribution in [0.15, 0.2) is 82.8 Å². The summed E-state index contributed by atoms with van der Waals surface area (Å²) in [6.45, 7) is -0.562. The Morgan fingerprint density at radius 3 is 2.41 bits per heavy atom. The molecule has 0 fully saturated rings. The van der Waals surface area contributed by atoms with Crippen molar-refractivity contribution in [3.63, 3.8) is 0 Å². The van der Waals surface area contributed by atoms with E-state index in [4.69, 9.17) is 25.8 Å². The van der Waals surface area contributed by atoms with Gasteiger partial charge in [-0.3, -0.25) is 9.10 Å². The van der Waals surface area contributed by atoms with Gasteiger partial charge in [0.2, 0.25) is 0 Å². The average molecular weight is 569 g/mol. The molecule has 0 saturated heterocycles. The number of benzene rings is 3. The highest BCUT2D eigenvalue weighted by atomic mass is 35.5. The van der Waals surface area contributed by atoms with Crippen molar-refractivity contribution in [1.29, 1.82) is 0 Å². The molecule has 4 aromatic rings. The number of amides is 1. The topological polar surface area (TPSA) is 119 Å². The molecule has 12 heteroatoms. The van der Waals surface area contributed by atoms with Crippen LogP contribution in [-0.2, 0) is 14.8 Å². The molecule has 1 amide bonds. The Bertz CT molecular complexity index is 1630. The van der Waals surface area contributed by atoms with Crippen LogP contribution in [0.1, 0.15) is 5.56 Å².